The lowest BCUT2D eigenvalue weighted by Crippen LogP contribution is -2.45. The van der Waals surface area contributed by atoms with Gasteiger partial charge < -0.3 is 5.73 Å². The first-order valence-corrected chi connectivity index (χ1v) is 6.26. The summed E-state index contributed by atoms with van der Waals surface area (Å²) in [6, 6.07) is 0. The van der Waals surface area contributed by atoms with E-state index in [2.05, 4.69) is 6.92 Å². The van der Waals surface area contributed by atoms with Crippen LogP contribution in [0.5, 0.6) is 0 Å². The number of hydrogen-bond acceptors (Lipinski definition) is 1. The van der Waals surface area contributed by atoms with Gasteiger partial charge in [0.15, 0.2) is 0 Å². The van der Waals surface area contributed by atoms with Gasteiger partial charge in [0.05, 0.1) is 0 Å². The quantitative estimate of drug-likeness (QED) is 0.639. The van der Waals surface area contributed by atoms with Gasteiger partial charge in [-0.25, -0.2) is 4.39 Å². The highest BCUT2D eigenvalue weighted by Gasteiger charge is 2.40. The smallest absolute Gasteiger partial charge is 0.128 e. The zero-order valence-corrected chi connectivity index (χ0v) is 10.9. The minimum atomic E-state index is -1.20. The molecule has 1 unspecified atom stereocenters. The zero-order valence-electron chi connectivity index (χ0n) is 10.9. The van der Waals surface area contributed by atoms with Crippen LogP contribution < -0.4 is 5.73 Å². The van der Waals surface area contributed by atoms with Gasteiger partial charge in [0.1, 0.15) is 5.67 Å². The monoisotopic (exact) mass is 217 g/mol. The molecular formula is C13H28FN. The van der Waals surface area contributed by atoms with Crippen LogP contribution >= 0.6 is 0 Å². The molecule has 0 aromatic carbocycles. The fraction of sp³-hybridized carbons (Fsp3) is 1.00. The maximum absolute atomic E-state index is 14.4. The molecule has 0 aliphatic carbocycles. The largest absolute Gasteiger partial charge is 0.328 e. The molecule has 2 heteroatoms. The summed E-state index contributed by atoms with van der Waals surface area (Å²) < 4.78 is 14.4. The van der Waals surface area contributed by atoms with Crippen molar-refractivity contribution in [1.29, 1.82) is 0 Å². The summed E-state index contributed by atoms with van der Waals surface area (Å²) in [5, 5.41) is 0. The molecule has 0 fully saturated rings. The van der Waals surface area contributed by atoms with Crippen molar-refractivity contribution < 1.29 is 4.39 Å². The van der Waals surface area contributed by atoms with Gasteiger partial charge in [0, 0.05) is 6.54 Å². The first-order chi connectivity index (χ1) is 6.87. The molecular weight excluding hydrogens is 189 g/mol. The summed E-state index contributed by atoms with van der Waals surface area (Å²) >= 11 is 0. The maximum atomic E-state index is 14.4. The summed E-state index contributed by atoms with van der Waals surface area (Å²) in [5.41, 5.74) is 4.02. The summed E-state index contributed by atoms with van der Waals surface area (Å²) in [5.74, 6) is 0. The first kappa shape index (κ1) is 14.9. The van der Waals surface area contributed by atoms with E-state index < -0.39 is 5.67 Å². The van der Waals surface area contributed by atoms with Crippen LogP contribution in [0.2, 0.25) is 0 Å². The Morgan fingerprint density at radius 2 is 1.53 bits per heavy atom. The van der Waals surface area contributed by atoms with Crippen LogP contribution in [0.3, 0.4) is 0 Å². The number of rotatable bonds is 7. The molecule has 1 atom stereocenters. The van der Waals surface area contributed by atoms with Gasteiger partial charge in [0.2, 0.25) is 0 Å². The van der Waals surface area contributed by atoms with Crippen molar-refractivity contribution in [3.63, 3.8) is 0 Å². The van der Waals surface area contributed by atoms with Gasteiger partial charge in [-0.3, -0.25) is 0 Å². The Morgan fingerprint density at radius 3 is 1.93 bits per heavy atom. The summed E-state index contributed by atoms with van der Waals surface area (Å²) in [7, 11) is 0. The SMILES string of the molecule is CCCCCCCC(F)(CN)C(C)(C)C. The van der Waals surface area contributed by atoms with E-state index in [-0.39, 0.29) is 12.0 Å². The molecule has 0 spiro atoms. The average Bonchev–Trinajstić information content (AvgIpc) is 2.15. The van der Waals surface area contributed by atoms with Crippen LogP contribution in [0.15, 0.2) is 0 Å². The van der Waals surface area contributed by atoms with Crippen molar-refractivity contribution in [3.8, 4) is 0 Å². The molecule has 0 saturated carbocycles. The Labute approximate surface area is 94.6 Å². The van der Waals surface area contributed by atoms with Crippen LogP contribution in [0.1, 0.15) is 66.2 Å². The van der Waals surface area contributed by atoms with E-state index in [1.807, 2.05) is 20.8 Å². The summed E-state index contributed by atoms with van der Waals surface area (Å²) in [6.07, 6.45) is 6.42. The Balaban J connectivity index is 3.90. The lowest BCUT2D eigenvalue weighted by molar-refractivity contribution is 0.0267. The van der Waals surface area contributed by atoms with Crippen molar-refractivity contribution in [2.75, 3.05) is 6.54 Å². The van der Waals surface area contributed by atoms with Gasteiger partial charge >= 0.3 is 0 Å². The van der Waals surface area contributed by atoms with Crippen molar-refractivity contribution in [2.45, 2.75) is 71.9 Å². The van der Waals surface area contributed by atoms with Gasteiger partial charge in [-0.05, 0) is 11.8 Å². The minimum absolute atomic E-state index is 0.143. The Morgan fingerprint density at radius 1 is 1.00 bits per heavy atom. The van der Waals surface area contributed by atoms with E-state index in [9.17, 15) is 4.39 Å². The van der Waals surface area contributed by atoms with Crippen LogP contribution in [0.25, 0.3) is 0 Å². The molecule has 0 aliphatic heterocycles. The lowest BCUT2D eigenvalue weighted by atomic mass is 9.75. The van der Waals surface area contributed by atoms with E-state index in [1.54, 1.807) is 0 Å². The van der Waals surface area contributed by atoms with Crippen molar-refractivity contribution in [2.24, 2.45) is 11.1 Å². The Bertz CT molecular complexity index is 162. The third-order valence-corrected chi connectivity index (χ3v) is 3.34. The summed E-state index contributed by atoms with van der Waals surface area (Å²) in [4.78, 5) is 0. The Kier molecular flexibility index (Phi) is 6.42. The van der Waals surface area contributed by atoms with E-state index in [0.717, 1.165) is 12.8 Å². The molecule has 1 nitrogen and oxygen atoms in total. The molecule has 92 valence electrons. The van der Waals surface area contributed by atoms with Gasteiger partial charge in [-0.1, -0.05) is 59.8 Å². The average molecular weight is 217 g/mol. The van der Waals surface area contributed by atoms with E-state index in [4.69, 9.17) is 5.73 Å². The second-order valence-electron chi connectivity index (χ2n) is 5.58. The van der Waals surface area contributed by atoms with Crippen molar-refractivity contribution in [1.82, 2.24) is 0 Å². The van der Waals surface area contributed by atoms with Crippen LogP contribution in [-0.2, 0) is 0 Å². The molecule has 0 bridgehead atoms. The predicted octanol–water partition coefficient (Wildman–Crippen LogP) is 4.06. The molecule has 0 amide bonds. The molecule has 2 N–H and O–H groups in total. The number of alkyl halides is 1. The fourth-order valence-electron chi connectivity index (χ4n) is 1.79. The molecule has 0 radical (unpaired) electrons. The van der Waals surface area contributed by atoms with Gasteiger partial charge in [-0.15, -0.1) is 0 Å². The molecule has 0 rings (SSSR count). The van der Waals surface area contributed by atoms with Crippen molar-refractivity contribution in [3.05, 3.63) is 0 Å². The fourth-order valence-corrected chi connectivity index (χ4v) is 1.79. The van der Waals surface area contributed by atoms with Crippen molar-refractivity contribution >= 4 is 0 Å². The lowest BCUT2D eigenvalue weighted by Gasteiger charge is -2.37. The van der Waals surface area contributed by atoms with Gasteiger partial charge in [-0.2, -0.15) is 0 Å². The number of nitrogens with two attached hydrogens (primary N) is 1. The van der Waals surface area contributed by atoms with E-state index in [0.29, 0.717) is 6.42 Å². The van der Waals surface area contributed by atoms with Crippen LogP contribution in [0.4, 0.5) is 4.39 Å². The second-order valence-corrected chi connectivity index (χ2v) is 5.58. The number of halogens is 1. The molecule has 0 aromatic heterocycles. The highest BCUT2D eigenvalue weighted by Crippen LogP contribution is 2.37. The standard InChI is InChI=1S/C13H28FN/c1-5-6-7-8-9-10-13(14,11-15)12(2,3)4/h5-11,15H2,1-4H3. The van der Waals surface area contributed by atoms with Crippen LogP contribution in [-0.4, -0.2) is 12.2 Å². The summed E-state index contributed by atoms with van der Waals surface area (Å²) in [6.45, 7) is 8.14. The second kappa shape index (κ2) is 6.47. The molecule has 0 saturated heterocycles. The number of hydrogen-bond donors (Lipinski definition) is 1. The highest BCUT2D eigenvalue weighted by molar-refractivity contribution is 4.91. The van der Waals surface area contributed by atoms with E-state index >= 15 is 0 Å². The molecule has 15 heavy (non-hydrogen) atoms. The minimum Gasteiger partial charge on any atom is -0.328 e. The third-order valence-electron chi connectivity index (χ3n) is 3.34. The molecule has 0 aromatic rings. The molecule has 0 aliphatic rings. The number of unbranched alkanes of at least 4 members (excludes halogenated alkanes) is 4. The normalized spacial score (nSPS) is 16.4. The first-order valence-electron chi connectivity index (χ1n) is 6.26. The predicted molar refractivity (Wildman–Crippen MR) is 65.7 cm³/mol. The Hall–Kier alpha value is -0.110. The van der Waals surface area contributed by atoms with Crippen LogP contribution in [0, 0.1) is 5.41 Å². The molecule has 0 heterocycles. The van der Waals surface area contributed by atoms with E-state index in [1.165, 1.54) is 19.3 Å². The topological polar surface area (TPSA) is 26.0 Å². The zero-order chi connectivity index (χ0) is 11.9. The highest BCUT2D eigenvalue weighted by atomic mass is 19.1. The third kappa shape index (κ3) is 4.96. The van der Waals surface area contributed by atoms with Gasteiger partial charge in [0.25, 0.3) is 0 Å². The maximum Gasteiger partial charge on any atom is 0.128 e.